The number of hydrogen-bond donors (Lipinski definition) is 2. The van der Waals surface area contributed by atoms with Gasteiger partial charge in [0, 0.05) is 23.5 Å². The first-order valence-corrected chi connectivity index (χ1v) is 5.71. The summed E-state index contributed by atoms with van der Waals surface area (Å²) in [5.41, 5.74) is 3.81. The van der Waals surface area contributed by atoms with Gasteiger partial charge in [0.25, 0.3) is 0 Å². The third-order valence-electron chi connectivity index (χ3n) is 3.07. The number of carbonyl (C=O) groups is 1. The first-order valence-electron chi connectivity index (χ1n) is 5.71. The molecule has 0 unspecified atom stereocenters. The molecule has 0 fully saturated rings. The Balaban J connectivity index is 2.21. The van der Waals surface area contributed by atoms with Gasteiger partial charge < -0.3 is 14.6 Å². The number of pyridine rings is 1. The van der Waals surface area contributed by atoms with Gasteiger partial charge in [-0.15, -0.1) is 0 Å². The van der Waals surface area contributed by atoms with Gasteiger partial charge in [-0.05, 0) is 19.9 Å². The monoisotopic (exact) mass is 257 g/mol. The van der Waals surface area contributed by atoms with Crippen LogP contribution in [-0.4, -0.2) is 26.2 Å². The van der Waals surface area contributed by atoms with Gasteiger partial charge in [0.05, 0.1) is 11.2 Å². The van der Waals surface area contributed by atoms with Crippen molar-refractivity contribution in [1.82, 2.24) is 15.1 Å². The molecule has 0 radical (unpaired) electrons. The molecule has 0 aliphatic rings. The second kappa shape index (κ2) is 3.94. The lowest BCUT2D eigenvalue weighted by atomic mass is 10.1. The highest BCUT2D eigenvalue weighted by molar-refractivity contribution is 6.01. The molecule has 0 spiro atoms. The number of carboxylic acids is 1. The Hall–Kier alpha value is -2.63. The van der Waals surface area contributed by atoms with E-state index in [1.54, 1.807) is 6.20 Å². The number of aromatic carboxylic acids is 1. The van der Waals surface area contributed by atoms with Gasteiger partial charge in [-0.3, -0.25) is 4.98 Å². The summed E-state index contributed by atoms with van der Waals surface area (Å²) in [5, 5.41) is 12.9. The predicted octanol–water partition coefficient (Wildman–Crippen LogP) is 2.53. The number of aryl methyl sites for hydroxylation is 2. The first kappa shape index (κ1) is 11.5. The molecule has 0 amide bonds. The number of rotatable bonds is 2. The second-order valence-electron chi connectivity index (χ2n) is 4.33. The van der Waals surface area contributed by atoms with Crippen LogP contribution in [0, 0.1) is 13.8 Å². The van der Waals surface area contributed by atoms with Crippen LogP contribution < -0.4 is 0 Å². The van der Waals surface area contributed by atoms with E-state index >= 15 is 0 Å². The zero-order valence-corrected chi connectivity index (χ0v) is 10.4. The molecule has 3 aromatic rings. The average molecular weight is 257 g/mol. The van der Waals surface area contributed by atoms with Gasteiger partial charge in [0.2, 0.25) is 0 Å². The van der Waals surface area contributed by atoms with Crippen LogP contribution in [0.3, 0.4) is 0 Å². The van der Waals surface area contributed by atoms with Crippen LogP contribution in [0.15, 0.2) is 23.0 Å². The minimum absolute atomic E-state index is 0.167. The van der Waals surface area contributed by atoms with Crippen molar-refractivity contribution in [2.75, 3.05) is 0 Å². The molecule has 0 aliphatic carbocycles. The zero-order valence-electron chi connectivity index (χ0n) is 10.4. The van der Waals surface area contributed by atoms with Crippen molar-refractivity contribution in [3.63, 3.8) is 0 Å². The maximum Gasteiger partial charge on any atom is 0.339 e. The number of aromatic amines is 1. The summed E-state index contributed by atoms with van der Waals surface area (Å²) in [7, 11) is 0. The van der Waals surface area contributed by atoms with Gasteiger partial charge in [-0.1, -0.05) is 5.16 Å². The topological polar surface area (TPSA) is 92.0 Å². The second-order valence-corrected chi connectivity index (χ2v) is 4.33. The van der Waals surface area contributed by atoms with Crippen LogP contribution in [-0.2, 0) is 0 Å². The standard InChI is InChI=1S/C13H11N3O3/c1-6-11(7(2)19-16-6)8-3-10-12(15-4-8)9(5-14-10)13(17)18/h3-5,14H,1-2H3,(H,17,18). The zero-order chi connectivity index (χ0) is 13.6. The van der Waals surface area contributed by atoms with Crippen molar-refractivity contribution < 1.29 is 14.4 Å². The highest BCUT2D eigenvalue weighted by Gasteiger charge is 2.15. The number of H-pyrrole nitrogens is 1. The molecule has 0 atom stereocenters. The SMILES string of the molecule is Cc1noc(C)c1-c1cnc2c(C(=O)O)c[nH]c2c1. The van der Waals surface area contributed by atoms with Crippen molar-refractivity contribution in [2.45, 2.75) is 13.8 Å². The number of fused-ring (bicyclic) bond motifs is 1. The molecular formula is C13H11N3O3. The van der Waals surface area contributed by atoms with E-state index in [1.165, 1.54) is 6.20 Å². The summed E-state index contributed by atoms with van der Waals surface area (Å²) in [4.78, 5) is 18.1. The van der Waals surface area contributed by atoms with Crippen molar-refractivity contribution in [1.29, 1.82) is 0 Å². The molecular weight excluding hydrogens is 246 g/mol. The lowest BCUT2D eigenvalue weighted by Crippen LogP contribution is -1.95. The minimum Gasteiger partial charge on any atom is -0.478 e. The van der Waals surface area contributed by atoms with E-state index in [0.717, 1.165) is 16.8 Å². The van der Waals surface area contributed by atoms with Crippen molar-refractivity contribution in [3.05, 3.63) is 35.5 Å². The largest absolute Gasteiger partial charge is 0.478 e. The fourth-order valence-corrected chi connectivity index (χ4v) is 2.20. The lowest BCUT2D eigenvalue weighted by Gasteiger charge is -2.00. The number of hydrogen-bond acceptors (Lipinski definition) is 4. The van der Waals surface area contributed by atoms with Crippen molar-refractivity contribution in [3.8, 4) is 11.1 Å². The molecule has 0 saturated carbocycles. The van der Waals surface area contributed by atoms with Gasteiger partial charge >= 0.3 is 5.97 Å². The fourth-order valence-electron chi connectivity index (χ4n) is 2.20. The summed E-state index contributed by atoms with van der Waals surface area (Å²) in [6.07, 6.45) is 3.08. The Labute approximate surface area is 108 Å². The van der Waals surface area contributed by atoms with E-state index in [9.17, 15) is 4.79 Å². The molecule has 6 nitrogen and oxygen atoms in total. The molecule has 3 aromatic heterocycles. The number of nitrogens with zero attached hydrogens (tertiary/aromatic N) is 2. The van der Waals surface area contributed by atoms with Crippen LogP contribution in [0.1, 0.15) is 21.8 Å². The smallest absolute Gasteiger partial charge is 0.339 e. The third kappa shape index (κ3) is 1.69. The summed E-state index contributed by atoms with van der Waals surface area (Å²) in [5.74, 6) is -0.285. The van der Waals surface area contributed by atoms with E-state index in [2.05, 4.69) is 15.1 Å². The van der Waals surface area contributed by atoms with E-state index in [4.69, 9.17) is 9.63 Å². The van der Waals surface area contributed by atoms with Crippen LogP contribution in [0.5, 0.6) is 0 Å². The maximum atomic E-state index is 11.0. The molecule has 19 heavy (non-hydrogen) atoms. The Morgan fingerprint density at radius 3 is 2.84 bits per heavy atom. The molecule has 0 aliphatic heterocycles. The van der Waals surface area contributed by atoms with Gasteiger partial charge in [0.1, 0.15) is 16.8 Å². The number of nitrogens with one attached hydrogen (secondary N) is 1. The van der Waals surface area contributed by atoms with E-state index in [1.807, 2.05) is 19.9 Å². The lowest BCUT2D eigenvalue weighted by molar-refractivity contribution is 0.0699. The number of aromatic nitrogens is 3. The van der Waals surface area contributed by atoms with Crippen molar-refractivity contribution in [2.24, 2.45) is 0 Å². The highest BCUT2D eigenvalue weighted by atomic mass is 16.5. The summed E-state index contributed by atoms with van der Waals surface area (Å²) < 4.78 is 5.12. The van der Waals surface area contributed by atoms with Crippen molar-refractivity contribution >= 4 is 17.0 Å². The van der Waals surface area contributed by atoms with Gasteiger partial charge in [-0.25, -0.2) is 4.79 Å². The number of carboxylic acid groups (broad SMARTS) is 1. The quantitative estimate of drug-likeness (QED) is 0.736. The molecule has 0 saturated heterocycles. The molecule has 3 heterocycles. The van der Waals surface area contributed by atoms with E-state index < -0.39 is 5.97 Å². The Kier molecular flexibility index (Phi) is 2.38. The van der Waals surface area contributed by atoms with Gasteiger partial charge in [-0.2, -0.15) is 0 Å². The van der Waals surface area contributed by atoms with Gasteiger partial charge in [0.15, 0.2) is 0 Å². The Bertz CT molecular complexity index is 766. The summed E-state index contributed by atoms with van der Waals surface area (Å²) in [6.45, 7) is 3.68. The summed E-state index contributed by atoms with van der Waals surface area (Å²) >= 11 is 0. The van der Waals surface area contributed by atoms with Crippen LogP contribution >= 0.6 is 0 Å². The average Bonchev–Trinajstić information content (AvgIpc) is 2.92. The maximum absolute atomic E-state index is 11.0. The van der Waals surface area contributed by atoms with E-state index in [0.29, 0.717) is 16.8 Å². The Morgan fingerprint density at radius 2 is 2.21 bits per heavy atom. The van der Waals surface area contributed by atoms with Crippen LogP contribution in [0.4, 0.5) is 0 Å². The first-order chi connectivity index (χ1) is 9.08. The fraction of sp³-hybridized carbons (Fsp3) is 0.154. The molecule has 96 valence electrons. The predicted molar refractivity (Wildman–Crippen MR) is 68.0 cm³/mol. The van der Waals surface area contributed by atoms with E-state index in [-0.39, 0.29) is 5.56 Å². The van der Waals surface area contributed by atoms with Crippen LogP contribution in [0.25, 0.3) is 22.2 Å². The molecule has 2 N–H and O–H groups in total. The minimum atomic E-state index is -0.996. The van der Waals surface area contributed by atoms with Crippen LogP contribution in [0.2, 0.25) is 0 Å². The molecule has 0 bridgehead atoms. The molecule has 6 heteroatoms. The third-order valence-corrected chi connectivity index (χ3v) is 3.07. The Morgan fingerprint density at radius 1 is 1.42 bits per heavy atom. The highest BCUT2D eigenvalue weighted by Crippen LogP contribution is 2.28. The summed E-state index contributed by atoms with van der Waals surface area (Å²) in [6, 6.07) is 1.85. The normalized spacial score (nSPS) is 11.1. The molecule has 0 aromatic carbocycles. The molecule has 3 rings (SSSR count).